The Balaban J connectivity index is 2.41. The number of halogens is 2. The second kappa shape index (κ2) is 4.84. The Hall–Kier alpha value is -1.42. The molecule has 0 aliphatic rings. The summed E-state index contributed by atoms with van der Waals surface area (Å²) in [6, 6.07) is 3.46. The molecule has 0 saturated heterocycles. The van der Waals surface area contributed by atoms with Crippen LogP contribution in [0, 0.1) is 11.6 Å². The van der Waals surface area contributed by atoms with E-state index in [2.05, 4.69) is 5.32 Å². The largest absolute Gasteiger partial charge is 0.461 e. The van der Waals surface area contributed by atoms with Gasteiger partial charge in [0.15, 0.2) is 5.82 Å². The van der Waals surface area contributed by atoms with Crippen molar-refractivity contribution in [2.75, 3.05) is 7.05 Å². The highest BCUT2D eigenvalue weighted by atomic mass is 19.1. The van der Waals surface area contributed by atoms with E-state index in [9.17, 15) is 8.78 Å². The first-order valence-electron chi connectivity index (χ1n) is 5.68. The van der Waals surface area contributed by atoms with E-state index in [0.717, 1.165) is 12.7 Å². The lowest BCUT2D eigenvalue weighted by Gasteiger charge is -2.14. The molecule has 2 nitrogen and oxygen atoms in total. The quantitative estimate of drug-likeness (QED) is 0.886. The van der Waals surface area contributed by atoms with Gasteiger partial charge in [0.2, 0.25) is 0 Å². The molecule has 0 fully saturated rings. The zero-order valence-corrected chi connectivity index (χ0v) is 9.89. The highest BCUT2D eigenvalue weighted by Gasteiger charge is 2.16. The average Bonchev–Trinajstić information content (AvgIpc) is 2.71. The van der Waals surface area contributed by atoms with Gasteiger partial charge in [0, 0.05) is 6.04 Å². The molecular weight excluding hydrogens is 224 g/mol. The summed E-state index contributed by atoms with van der Waals surface area (Å²) in [4.78, 5) is 0. The minimum Gasteiger partial charge on any atom is -0.461 e. The molecule has 17 heavy (non-hydrogen) atoms. The van der Waals surface area contributed by atoms with Gasteiger partial charge in [-0.1, -0.05) is 13.0 Å². The molecule has 1 atom stereocenters. The maximum absolute atomic E-state index is 14.1. The first-order valence-corrected chi connectivity index (χ1v) is 5.68. The Bertz CT molecular complexity index is 517. The fraction of sp³-hybridized carbons (Fsp3) is 0.385. The second-order valence-corrected chi connectivity index (χ2v) is 4.09. The third-order valence-electron chi connectivity index (χ3n) is 3.08. The van der Waals surface area contributed by atoms with Crippen LogP contribution in [-0.4, -0.2) is 13.1 Å². The average molecular weight is 239 g/mol. The van der Waals surface area contributed by atoms with Gasteiger partial charge in [-0.05, 0) is 31.5 Å². The second-order valence-electron chi connectivity index (χ2n) is 4.09. The van der Waals surface area contributed by atoms with Gasteiger partial charge in [-0.25, -0.2) is 8.78 Å². The van der Waals surface area contributed by atoms with Crippen molar-refractivity contribution >= 4 is 11.0 Å². The molecule has 1 aromatic heterocycles. The van der Waals surface area contributed by atoms with Gasteiger partial charge < -0.3 is 9.73 Å². The van der Waals surface area contributed by atoms with Crippen LogP contribution in [0.25, 0.3) is 11.0 Å². The minimum absolute atomic E-state index is 0.0477. The van der Waals surface area contributed by atoms with Gasteiger partial charge >= 0.3 is 0 Å². The highest BCUT2D eigenvalue weighted by molar-refractivity contribution is 5.79. The lowest BCUT2D eigenvalue weighted by Crippen LogP contribution is -2.26. The molecule has 92 valence electrons. The van der Waals surface area contributed by atoms with Crippen molar-refractivity contribution in [1.82, 2.24) is 5.32 Å². The van der Waals surface area contributed by atoms with E-state index < -0.39 is 11.6 Å². The number of furan rings is 1. The molecule has 1 unspecified atom stereocenters. The maximum atomic E-state index is 14.1. The van der Waals surface area contributed by atoms with Crippen LogP contribution in [0.5, 0.6) is 0 Å². The van der Waals surface area contributed by atoms with Crippen LogP contribution >= 0.6 is 0 Å². The third kappa shape index (κ3) is 2.17. The number of hydrogen-bond acceptors (Lipinski definition) is 2. The zero-order chi connectivity index (χ0) is 12.4. The summed E-state index contributed by atoms with van der Waals surface area (Å²) in [7, 11) is 1.84. The Kier molecular flexibility index (Phi) is 3.43. The molecule has 0 aliphatic heterocycles. The smallest absolute Gasteiger partial charge is 0.172 e. The number of hydrogen-bond donors (Lipinski definition) is 1. The molecule has 4 heteroatoms. The summed E-state index contributed by atoms with van der Waals surface area (Å²) < 4.78 is 32.3. The van der Waals surface area contributed by atoms with Crippen LogP contribution < -0.4 is 5.32 Å². The number of fused-ring (bicyclic) bond motifs is 1. The molecule has 2 rings (SSSR count). The number of likely N-dealkylation sites (N-methyl/N-ethyl adjacent to an activating group) is 1. The molecule has 1 N–H and O–H groups in total. The summed E-state index contributed by atoms with van der Waals surface area (Å²) in [5.41, 5.74) is 0.764. The van der Waals surface area contributed by atoms with Gasteiger partial charge in [0.25, 0.3) is 0 Å². The standard InChI is InChI=1S/C13H15F2NO/c1-3-9(16-2)6-8-4-5-11-12(13(8)15)10(14)7-17-11/h4-5,7,9,16H,3,6H2,1-2H3. The van der Waals surface area contributed by atoms with Crippen LogP contribution in [0.3, 0.4) is 0 Å². The van der Waals surface area contributed by atoms with Crippen molar-refractivity contribution in [2.24, 2.45) is 0 Å². The first kappa shape index (κ1) is 12.0. The van der Waals surface area contributed by atoms with Crippen molar-refractivity contribution in [2.45, 2.75) is 25.8 Å². The molecular formula is C13H15F2NO. The van der Waals surface area contributed by atoms with Crippen LogP contribution in [0.2, 0.25) is 0 Å². The summed E-state index contributed by atoms with van der Waals surface area (Å²) in [5, 5.41) is 3.05. The molecule has 0 radical (unpaired) electrons. The van der Waals surface area contributed by atoms with Crippen LogP contribution in [0.15, 0.2) is 22.8 Å². The van der Waals surface area contributed by atoms with Crippen LogP contribution in [0.4, 0.5) is 8.78 Å². The Morgan fingerprint density at radius 3 is 2.76 bits per heavy atom. The Morgan fingerprint density at radius 2 is 2.12 bits per heavy atom. The predicted molar refractivity (Wildman–Crippen MR) is 63.0 cm³/mol. The summed E-state index contributed by atoms with van der Waals surface area (Å²) >= 11 is 0. The molecule has 0 amide bonds. The van der Waals surface area contributed by atoms with Gasteiger partial charge in [-0.2, -0.15) is 0 Å². The fourth-order valence-corrected chi connectivity index (χ4v) is 1.97. The van der Waals surface area contributed by atoms with Crippen LogP contribution in [0.1, 0.15) is 18.9 Å². The molecule has 0 saturated carbocycles. The maximum Gasteiger partial charge on any atom is 0.172 e. The van der Waals surface area contributed by atoms with Gasteiger partial charge in [-0.3, -0.25) is 0 Å². The summed E-state index contributed by atoms with van der Waals surface area (Å²) in [6.45, 7) is 2.02. The lowest BCUT2D eigenvalue weighted by molar-refractivity contribution is 0.523. The summed E-state index contributed by atoms with van der Waals surface area (Å²) in [5.74, 6) is -1.15. The van der Waals surface area contributed by atoms with Crippen molar-refractivity contribution in [3.63, 3.8) is 0 Å². The van der Waals surface area contributed by atoms with Crippen molar-refractivity contribution in [3.05, 3.63) is 35.6 Å². The molecule has 0 bridgehead atoms. The monoisotopic (exact) mass is 239 g/mol. The van der Waals surface area contributed by atoms with E-state index >= 15 is 0 Å². The third-order valence-corrected chi connectivity index (χ3v) is 3.08. The first-order chi connectivity index (χ1) is 8.17. The molecule has 0 aliphatic carbocycles. The van der Waals surface area contributed by atoms with Gasteiger partial charge in [-0.15, -0.1) is 0 Å². The van der Waals surface area contributed by atoms with Crippen LogP contribution in [-0.2, 0) is 6.42 Å². The lowest BCUT2D eigenvalue weighted by atomic mass is 10.0. The Labute approximate surface area is 98.6 Å². The highest BCUT2D eigenvalue weighted by Crippen LogP contribution is 2.26. The molecule has 0 spiro atoms. The van der Waals surface area contributed by atoms with Crippen molar-refractivity contribution in [1.29, 1.82) is 0 Å². The molecule has 2 aromatic rings. The minimum atomic E-state index is -0.642. The van der Waals surface area contributed by atoms with E-state index in [-0.39, 0.29) is 17.0 Å². The topological polar surface area (TPSA) is 25.2 Å². The zero-order valence-electron chi connectivity index (χ0n) is 9.89. The normalized spacial score (nSPS) is 13.2. The Morgan fingerprint density at radius 1 is 1.35 bits per heavy atom. The fourth-order valence-electron chi connectivity index (χ4n) is 1.97. The SMILES string of the molecule is CCC(Cc1ccc2occ(F)c2c1F)NC. The number of nitrogens with one attached hydrogen (secondary N) is 1. The predicted octanol–water partition coefficient (Wildman–Crippen LogP) is 3.25. The van der Waals surface area contributed by atoms with Gasteiger partial charge in [0.05, 0.1) is 5.39 Å². The van der Waals surface area contributed by atoms with E-state index in [0.29, 0.717) is 12.0 Å². The van der Waals surface area contributed by atoms with E-state index in [1.165, 1.54) is 0 Å². The number of benzene rings is 1. The summed E-state index contributed by atoms with van der Waals surface area (Å²) in [6.07, 6.45) is 2.37. The van der Waals surface area contributed by atoms with E-state index in [4.69, 9.17) is 4.42 Å². The number of rotatable bonds is 4. The van der Waals surface area contributed by atoms with Crippen molar-refractivity contribution in [3.8, 4) is 0 Å². The molecule has 1 aromatic carbocycles. The molecule has 1 heterocycles. The van der Waals surface area contributed by atoms with Gasteiger partial charge in [0.1, 0.15) is 17.7 Å². The van der Waals surface area contributed by atoms with Crippen molar-refractivity contribution < 1.29 is 13.2 Å². The van der Waals surface area contributed by atoms with E-state index in [1.54, 1.807) is 12.1 Å². The van der Waals surface area contributed by atoms with E-state index in [1.807, 2.05) is 14.0 Å².